The maximum absolute atomic E-state index is 12.4. The van der Waals surface area contributed by atoms with Gasteiger partial charge < -0.3 is 10.6 Å². The van der Waals surface area contributed by atoms with Crippen LogP contribution in [0, 0.1) is 11.3 Å². The molecule has 0 aliphatic carbocycles. The first-order valence-corrected chi connectivity index (χ1v) is 7.40. The van der Waals surface area contributed by atoms with E-state index < -0.39 is 23.4 Å². The molecule has 0 saturated carbocycles. The Morgan fingerprint density at radius 1 is 1.30 bits per heavy atom. The molecule has 1 aromatic rings. The second kappa shape index (κ2) is 6.48. The molecule has 7 nitrogen and oxygen atoms in total. The lowest BCUT2D eigenvalue weighted by Gasteiger charge is -2.23. The molecular weight excluding hydrogens is 296 g/mol. The Balaban J connectivity index is 2.10. The van der Waals surface area contributed by atoms with E-state index >= 15 is 0 Å². The molecule has 0 unspecified atom stereocenters. The maximum atomic E-state index is 12.4. The van der Waals surface area contributed by atoms with Crippen LogP contribution in [0.15, 0.2) is 24.3 Å². The van der Waals surface area contributed by atoms with Gasteiger partial charge in [-0.3, -0.25) is 14.5 Å². The predicted molar refractivity (Wildman–Crippen MR) is 83.3 cm³/mol. The van der Waals surface area contributed by atoms with Gasteiger partial charge in [-0.15, -0.1) is 0 Å². The third-order valence-corrected chi connectivity index (χ3v) is 4.08. The summed E-state index contributed by atoms with van der Waals surface area (Å²) in [5.74, 6) is -0.921. The molecule has 1 aliphatic rings. The lowest BCUT2D eigenvalue weighted by molar-refractivity contribution is -0.134. The lowest BCUT2D eigenvalue weighted by atomic mass is 9.93. The largest absolute Gasteiger partial charge is 0.325 e. The van der Waals surface area contributed by atoms with Gasteiger partial charge in [0.05, 0.1) is 11.3 Å². The minimum Gasteiger partial charge on any atom is -0.323 e. The van der Waals surface area contributed by atoms with Crippen LogP contribution in [-0.4, -0.2) is 34.8 Å². The predicted octanol–water partition coefficient (Wildman–Crippen LogP) is 1.61. The highest BCUT2D eigenvalue weighted by atomic mass is 16.2. The normalized spacial score (nSPS) is 16.0. The smallest absolute Gasteiger partial charge is 0.323 e. The van der Waals surface area contributed by atoms with Gasteiger partial charge in [0.1, 0.15) is 18.2 Å². The summed E-state index contributed by atoms with van der Waals surface area (Å²) < 4.78 is 0. The van der Waals surface area contributed by atoms with Crippen LogP contribution in [-0.2, 0) is 9.59 Å². The van der Waals surface area contributed by atoms with E-state index in [4.69, 9.17) is 5.26 Å². The van der Waals surface area contributed by atoms with Crippen LogP contribution >= 0.6 is 0 Å². The van der Waals surface area contributed by atoms with Crippen LogP contribution in [0.1, 0.15) is 32.3 Å². The number of hydrogen-bond donors (Lipinski definition) is 2. The zero-order valence-electron chi connectivity index (χ0n) is 13.0. The summed E-state index contributed by atoms with van der Waals surface area (Å²) in [5.41, 5.74) is -0.263. The molecule has 0 spiro atoms. The van der Waals surface area contributed by atoms with E-state index in [1.165, 1.54) is 0 Å². The van der Waals surface area contributed by atoms with Gasteiger partial charge >= 0.3 is 6.03 Å². The van der Waals surface area contributed by atoms with E-state index in [2.05, 4.69) is 10.6 Å². The molecule has 23 heavy (non-hydrogen) atoms. The zero-order chi connectivity index (χ0) is 17.0. The molecule has 7 heteroatoms. The quantitative estimate of drug-likeness (QED) is 0.806. The van der Waals surface area contributed by atoms with Crippen molar-refractivity contribution < 1.29 is 14.4 Å². The second-order valence-electron chi connectivity index (χ2n) is 5.32. The molecule has 1 heterocycles. The number of para-hydroxylation sites is 1. The first kappa shape index (κ1) is 16.5. The number of carbonyl (C=O) groups is 3. The first-order chi connectivity index (χ1) is 11.0. The number of carbonyl (C=O) groups excluding carboxylic acids is 3. The minimum atomic E-state index is -0.929. The monoisotopic (exact) mass is 314 g/mol. The van der Waals surface area contributed by atoms with Crippen molar-refractivity contribution in [3.8, 4) is 6.07 Å². The van der Waals surface area contributed by atoms with Crippen molar-refractivity contribution in [2.75, 3.05) is 11.9 Å². The number of nitriles is 1. The van der Waals surface area contributed by atoms with E-state index in [0.717, 1.165) is 4.90 Å². The van der Waals surface area contributed by atoms with Crippen molar-refractivity contribution in [1.29, 1.82) is 5.26 Å². The molecule has 2 N–H and O–H groups in total. The molecule has 1 aliphatic heterocycles. The van der Waals surface area contributed by atoms with E-state index in [1.807, 2.05) is 19.9 Å². The lowest BCUT2D eigenvalue weighted by Crippen LogP contribution is -2.46. The van der Waals surface area contributed by atoms with Crippen molar-refractivity contribution >= 4 is 23.5 Å². The average molecular weight is 314 g/mol. The summed E-state index contributed by atoms with van der Waals surface area (Å²) in [4.78, 5) is 37.4. The fourth-order valence-corrected chi connectivity index (χ4v) is 2.57. The molecular formula is C16H18N4O3. The Hall–Kier alpha value is -2.88. The number of rotatable bonds is 5. The number of anilines is 1. The number of nitrogens with zero attached hydrogens (tertiary/aromatic N) is 2. The number of amides is 4. The Bertz CT molecular complexity index is 689. The standard InChI is InChI=1S/C16H18N4O3/c1-3-16(4-2)14(22)20(15(23)19-16)10-13(21)18-12-8-6-5-7-11(12)9-17/h5-8H,3-4,10H2,1-2H3,(H,18,21)(H,19,23). The molecule has 120 valence electrons. The van der Waals surface area contributed by atoms with E-state index in [9.17, 15) is 14.4 Å². The summed E-state index contributed by atoms with van der Waals surface area (Å²) in [6.45, 7) is 3.25. The van der Waals surface area contributed by atoms with Gasteiger partial charge in [-0.25, -0.2) is 4.79 Å². The highest BCUT2D eigenvalue weighted by molar-refractivity contribution is 6.10. The second-order valence-corrected chi connectivity index (χ2v) is 5.32. The summed E-state index contributed by atoms with van der Waals surface area (Å²) >= 11 is 0. The number of nitrogens with one attached hydrogen (secondary N) is 2. The van der Waals surface area contributed by atoms with Crippen molar-refractivity contribution in [3.05, 3.63) is 29.8 Å². The van der Waals surface area contributed by atoms with Crippen LogP contribution in [0.25, 0.3) is 0 Å². The molecule has 1 saturated heterocycles. The summed E-state index contributed by atoms with van der Waals surface area (Å²) in [7, 11) is 0. The first-order valence-electron chi connectivity index (χ1n) is 7.40. The van der Waals surface area contributed by atoms with E-state index in [-0.39, 0.29) is 6.54 Å². The SMILES string of the molecule is CCC1(CC)NC(=O)N(CC(=O)Nc2ccccc2C#N)C1=O. The minimum absolute atomic E-state index is 0.314. The highest BCUT2D eigenvalue weighted by Gasteiger charge is 2.49. The van der Waals surface area contributed by atoms with E-state index in [0.29, 0.717) is 24.1 Å². The van der Waals surface area contributed by atoms with Gasteiger partial charge in [-0.2, -0.15) is 5.26 Å². The summed E-state index contributed by atoms with van der Waals surface area (Å²) in [6, 6.07) is 7.93. The highest BCUT2D eigenvalue weighted by Crippen LogP contribution is 2.24. The van der Waals surface area contributed by atoms with Crippen LogP contribution in [0.3, 0.4) is 0 Å². The van der Waals surface area contributed by atoms with Crippen molar-refractivity contribution in [2.45, 2.75) is 32.2 Å². The Labute approximate surface area is 134 Å². The number of imide groups is 1. The Morgan fingerprint density at radius 2 is 1.96 bits per heavy atom. The van der Waals surface area contributed by atoms with Crippen molar-refractivity contribution in [2.24, 2.45) is 0 Å². The average Bonchev–Trinajstić information content (AvgIpc) is 2.80. The van der Waals surface area contributed by atoms with Crippen molar-refractivity contribution in [1.82, 2.24) is 10.2 Å². The Kier molecular flexibility index (Phi) is 4.65. The van der Waals surface area contributed by atoms with Gasteiger partial charge in [0.2, 0.25) is 5.91 Å². The summed E-state index contributed by atoms with van der Waals surface area (Å²) in [6.07, 6.45) is 0.924. The fraction of sp³-hybridized carbons (Fsp3) is 0.375. The van der Waals surface area contributed by atoms with Crippen LogP contribution < -0.4 is 10.6 Å². The molecule has 0 radical (unpaired) electrons. The van der Waals surface area contributed by atoms with Gasteiger partial charge in [-0.1, -0.05) is 26.0 Å². The zero-order valence-corrected chi connectivity index (χ0v) is 13.0. The van der Waals surface area contributed by atoms with Gasteiger partial charge in [0, 0.05) is 0 Å². The molecule has 0 aromatic heterocycles. The number of benzene rings is 1. The molecule has 0 bridgehead atoms. The van der Waals surface area contributed by atoms with Crippen molar-refractivity contribution in [3.63, 3.8) is 0 Å². The maximum Gasteiger partial charge on any atom is 0.325 e. The molecule has 0 atom stereocenters. The van der Waals surface area contributed by atoms with E-state index in [1.54, 1.807) is 24.3 Å². The van der Waals surface area contributed by atoms with Gasteiger partial charge in [-0.05, 0) is 25.0 Å². The van der Waals surface area contributed by atoms with Gasteiger partial charge in [0.25, 0.3) is 5.91 Å². The third kappa shape index (κ3) is 3.01. The molecule has 1 fully saturated rings. The Morgan fingerprint density at radius 3 is 2.52 bits per heavy atom. The number of hydrogen-bond acceptors (Lipinski definition) is 4. The summed E-state index contributed by atoms with van der Waals surface area (Å²) in [5, 5.41) is 14.2. The van der Waals surface area contributed by atoms with Crippen LogP contribution in [0.4, 0.5) is 10.5 Å². The topological polar surface area (TPSA) is 102 Å². The third-order valence-electron chi connectivity index (χ3n) is 4.08. The molecule has 4 amide bonds. The molecule has 2 rings (SSSR count). The number of urea groups is 1. The fourth-order valence-electron chi connectivity index (χ4n) is 2.57. The van der Waals surface area contributed by atoms with Gasteiger partial charge in [0.15, 0.2) is 0 Å². The molecule has 1 aromatic carbocycles. The van der Waals surface area contributed by atoms with Crippen LogP contribution in [0.2, 0.25) is 0 Å². The van der Waals surface area contributed by atoms with Crippen LogP contribution in [0.5, 0.6) is 0 Å².